The zero-order valence-electron chi connectivity index (χ0n) is 17.7. The summed E-state index contributed by atoms with van der Waals surface area (Å²) in [5, 5.41) is 4.67. The highest BCUT2D eigenvalue weighted by Crippen LogP contribution is 2.29. The number of benzene rings is 2. The third kappa shape index (κ3) is 6.72. The zero-order chi connectivity index (χ0) is 20.6. The van der Waals surface area contributed by atoms with Crippen LogP contribution in [0.3, 0.4) is 0 Å². The summed E-state index contributed by atoms with van der Waals surface area (Å²) in [4.78, 5) is 12.1. The number of esters is 1. The first-order chi connectivity index (χ1) is 13.3. The predicted molar refractivity (Wildman–Crippen MR) is 107 cm³/mol. The Bertz CT molecular complexity index is 753. The van der Waals surface area contributed by atoms with Gasteiger partial charge in [-0.25, -0.2) is 0 Å². The maximum Gasteiger partial charge on any atom is 0.306 e. The van der Waals surface area contributed by atoms with Crippen LogP contribution in [0.2, 0.25) is 0 Å². The summed E-state index contributed by atoms with van der Waals surface area (Å²) in [5.41, 5.74) is 2.79. The van der Waals surface area contributed by atoms with Gasteiger partial charge in [0.25, 0.3) is 0 Å². The van der Waals surface area contributed by atoms with E-state index in [1.165, 1.54) is 5.56 Å². The molecule has 0 aliphatic carbocycles. The smallest absolute Gasteiger partial charge is 0.306 e. The van der Waals surface area contributed by atoms with Crippen LogP contribution in [0.5, 0.6) is 5.75 Å². The van der Waals surface area contributed by atoms with Crippen LogP contribution in [0, 0.1) is 0 Å². The molecule has 27 heavy (non-hydrogen) atoms. The summed E-state index contributed by atoms with van der Waals surface area (Å²) >= 11 is 0. The van der Waals surface area contributed by atoms with E-state index in [0.717, 1.165) is 23.3 Å². The maximum atomic E-state index is 12.1. The molecule has 0 fully saturated rings. The van der Waals surface area contributed by atoms with Gasteiger partial charge in [0, 0.05) is 25.4 Å². The minimum Gasteiger partial charge on any atom is -0.496 e. The van der Waals surface area contributed by atoms with Gasteiger partial charge in [0.1, 0.15) is 11.4 Å². The van der Waals surface area contributed by atoms with Crippen LogP contribution >= 0.6 is 0 Å². The number of aliphatic hydroxyl groups is 1. The number of aliphatic hydroxyl groups excluding tert-OH is 1. The Kier molecular flexibility index (Phi) is 6.88. The van der Waals surface area contributed by atoms with Crippen LogP contribution in [-0.4, -0.2) is 31.8 Å². The van der Waals surface area contributed by atoms with E-state index in [2.05, 4.69) is 23.3 Å². The largest absolute Gasteiger partial charge is 0.496 e. The first-order valence-electron chi connectivity index (χ1n) is 9.74. The molecule has 0 bridgehead atoms. The van der Waals surface area contributed by atoms with E-state index in [0.29, 0.717) is 6.42 Å². The SMILES string of the molecule is [3H]OC[C@@H](CCC(=O)OC(C)(C)C)c1ccc(OC)c(Cc2ccccc2)c1. The maximum absolute atomic E-state index is 12.1. The second kappa shape index (κ2) is 9.56. The highest BCUT2D eigenvalue weighted by atomic mass is 16.6. The second-order valence-corrected chi connectivity index (χ2v) is 7.72. The molecule has 0 aliphatic heterocycles. The molecule has 0 saturated carbocycles. The predicted octanol–water partition coefficient (Wildman–Crippen LogP) is 4.48. The van der Waals surface area contributed by atoms with Crippen LogP contribution in [-0.2, 0) is 16.0 Å². The van der Waals surface area contributed by atoms with Crippen molar-refractivity contribution in [2.45, 2.75) is 51.6 Å². The number of methoxy groups -OCH3 is 1. The van der Waals surface area contributed by atoms with Gasteiger partial charge in [-0.2, -0.15) is 0 Å². The van der Waals surface area contributed by atoms with Crippen LogP contribution in [0.1, 0.15) is 56.2 Å². The van der Waals surface area contributed by atoms with E-state index in [1.54, 1.807) is 7.11 Å². The summed E-state index contributed by atoms with van der Waals surface area (Å²) in [6, 6.07) is 16.2. The summed E-state index contributed by atoms with van der Waals surface area (Å²) in [6.07, 6.45) is 1.59. The van der Waals surface area contributed by atoms with Crippen LogP contribution < -0.4 is 4.74 Å². The molecule has 0 amide bonds. The minimum absolute atomic E-state index is 0.0644. The number of carbonyl (C=O) groups excluding carboxylic acids is 1. The first-order valence-corrected chi connectivity index (χ1v) is 9.33. The van der Waals surface area contributed by atoms with Gasteiger partial charge in [-0.05, 0) is 49.9 Å². The van der Waals surface area contributed by atoms with Crippen molar-refractivity contribution in [3.8, 4) is 5.75 Å². The molecule has 0 aromatic heterocycles. The Morgan fingerprint density at radius 3 is 2.56 bits per heavy atom. The van der Waals surface area contributed by atoms with Gasteiger partial charge < -0.3 is 14.6 Å². The van der Waals surface area contributed by atoms with Crippen LogP contribution in [0.4, 0.5) is 0 Å². The molecule has 0 radical (unpaired) electrons. The summed E-state index contributed by atoms with van der Waals surface area (Å²) in [7, 11) is 1.66. The number of ether oxygens (including phenoxy) is 2. The van der Waals surface area contributed by atoms with Gasteiger partial charge in [-0.15, -0.1) is 0 Å². The Hall–Kier alpha value is -2.33. The van der Waals surface area contributed by atoms with Crippen molar-refractivity contribution in [1.29, 1.82) is 1.43 Å². The lowest BCUT2D eigenvalue weighted by atomic mass is 9.92. The molecule has 0 heterocycles. The molecule has 0 spiro atoms. The lowest BCUT2D eigenvalue weighted by molar-refractivity contribution is -0.155. The van der Waals surface area contributed by atoms with Gasteiger partial charge in [0.2, 0.25) is 1.43 Å². The van der Waals surface area contributed by atoms with Crippen molar-refractivity contribution >= 4 is 5.97 Å². The number of hydrogen-bond acceptors (Lipinski definition) is 4. The van der Waals surface area contributed by atoms with Crippen LogP contribution in [0.15, 0.2) is 48.5 Å². The Morgan fingerprint density at radius 1 is 1.19 bits per heavy atom. The standard InChI is InChI=1S/C23H30O4/c1-23(2,3)27-22(25)13-11-19(16-24)18-10-12-21(26-4)20(15-18)14-17-8-6-5-7-9-17/h5-10,12,15,19,24H,11,13-14,16H2,1-4H3/t19-/m1/s1/i24T. The van der Waals surface area contributed by atoms with Crippen molar-refractivity contribution in [3.63, 3.8) is 0 Å². The number of carbonyl (C=O) groups is 1. The summed E-state index contributed by atoms with van der Waals surface area (Å²) in [6.45, 7) is 5.79. The molecule has 1 N–H and O–H groups in total. The molecule has 0 aliphatic rings. The third-order valence-electron chi connectivity index (χ3n) is 4.33. The fourth-order valence-corrected chi connectivity index (χ4v) is 3.04. The van der Waals surface area contributed by atoms with E-state index >= 15 is 0 Å². The Labute approximate surface area is 163 Å². The molecule has 1 atom stereocenters. The Balaban J connectivity index is 2.17. The lowest BCUT2D eigenvalue weighted by Gasteiger charge is -2.21. The first kappa shape index (κ1) is 19.4. The Morgan fingerprint density at radius 2 is 1.93 bits per heavy atom. The van der Waals surface area contributed by atoms with E-state index in [1.807, 2.05) is 51.1 Å². The minimum atomic E-state index is -0.499. The summed E-state index contributed by atoms with van der Waals surface area (Å²) in [5.74, 6) is 0.524. The van der Waals surface area contributed by atoms with E-state index in [-0.39, 0.29) is 24.9 Å². The lowest BCUT2D eigenvalue weighted by Crippen LogP contribution is -2.24. The highest BCUT2D eigenvalue weighted by Gasteiger charge is 2.19. The number of hydrogen-bond donors (Lipinski definition) is 1. The van der Waals surface area contributed by atoms with E-state index in [4.69, 9.17) is 10.9 Å². The molecule has 2 rings (SSSR count). The average molecular weight is 372 g/mol. The number of rotatable bonds is 9. The fourth-order valence-electron chi connectivity index (χ4n) is 3.04. The molecule has 146 valence electrons. The van der Waals surface area contributed by atoms with Gasteiger partial charge >= 0.3 is 5.97 Å². The second-order valence-electron chi connectivity index (χ2n) is 7.72. The average Bonchev–Trinajstić information content (AvgIpc) is 2.64. The zero-order valence-corrected chi connectivity index (χ0v) is 16.7. The third-order valence-corrected chi connectivity index (χ3v) is 4.33. The van der Waals surface area contributed by atoms with Crippen molar-refractivity contribution in [3.05, 3.63) is 65.2 Å². The molecular weight excluding hydrogens is 340 g/mol. The normalized spacial score (nSPS) is 13.0. The monoisotopic (exact) mass is 372 g/mol. The van der Waals surface area contributed by atoms with E-state index < -0.39 is 5.60 Å². The topological polar surface area (TPSA) is 55.8 Å². The van der Waals surface area contributed by atoms with Crippen molar-refractivity contribution in [2.75, 3.05) is 13.7 Å². The highest BCUT2D eigenvalue weighted by molar-refractivity contribution is 5.69. The van der Waals surface area contributed by atoms with Crippen LogP contribution in [0.25, 0.3) is 0 Å². The molecule has 2 aromatic carbocycles. The fraction of sp³-hybridized carbons (Fsp3) is 0.435. The van der Waals surface area contributed by atoms with Crippen molar-refractivity contribution < 1.29 is 19.4 Å². The van der Waals surface area contributed by atoms with Gasteiger partial charge in [-0.3, -0.25) is 4.79 Å². The molecular formula is C23H30O4. The van der Waals surface area contributed by atoms with Gasteiger partial charge in [0.15, 0.2) is 0 Å². The molecule has 4 nitrogen and oxygen atoms in total. The van der Waals surface area contributed by atoms with Crippen molar-refractivity contribution in [2.24, 2.45) is 0 Å². The molecule has 4 heteroatoms. The molecule has 2 aromatic rings. The molecule has 0 saturated heterocycles. The van der Waals surface area contributed by atoms with Gasteiger partial charge in [0.05, 0.1) is 7.11 Å². The quantitative estimate of drug-likeness (QED) is 0.659. The van der Waals surface area contributed by atoms with Crippen molar-refractivity contribution in [1.82, 2.24) is 0 Å². The van der Waals surface area contributed by atoms with E-state index in [9.17, 15) is 4.79 Å². The summed E-state index contributed by atoms with van der Waals surface area (Å²) < 4.78 is 18.1. The van der Waals surface area contributed by atoms with Gasteiger partial charge in [-0.1, -0.05) is 42.5 Å². The molecule has 0 unspecified atom stereocenters.